The number of nitrogens with zero attached hydrogens (tertiary/aromatic N) is 2. The lowest BCUT2D eigenvalue weighted by Crippen LogP contribution is -2.15. The van der Waals surface area contributed by atoms with Crippen LogP contribution in [0.5, 0.6) is 0 Å². The average Bonchev–Trinajstić information content (AvgIpc) is 1.60. The molecule has 7 aromatic carbocycles. The van der Waals surface area contributed by atoms with Crippen LogP contribution in [0.4, 0.5) is 0 Å². The van der Waals surface area contributed by atoms with Crippen molar-refractivity contribution in [1.82, 2.24) is 9.13 Å². The molecule has 0 amide bonds. The summed E-state index contributed by atoms with van der Waals surface area (Å²) in [6.45, 7) is 48.9. The normalized spacial score (nSPS) is 12.0. The number of aromatic nitrogens is 2. The fourth-order valence-corrected chi connectivity index (χ4v) is 12.9. The Balaban J connectivity index is 0.000000162. The van der Waals surface area contributed by atoms with Gasteiger partial charge in [0.25, 0.3) is 0 Å². The van der Waals surface area contributed by atoms with Gasteiger partial charge < -0.3 is 18.0 Å². The monoisotopic (exact) mass is 1270 g/mol. The largest absolute Gasteiger partial charge is 0.472 e. The number of benzene rings is 7. The fraction of sp³-hybridized carbons (Fsp3) is 0.333. The second-order valence-corrected chi connectivity index (χ2v) is 33.0. The summed E-state index contributed by atoms with van der Waals surface area (Å²) in [6, 6.07) is 73.1. The van der Waals surface area contributed by atoms with E-state index in [1.54, 1.807) is 30.1 Å². The Labute approximate surface area is 567 Å². The van der Waals surface area contributed by atoms with Crippen LogP contribution in [0.1, 0.15) is 189 Å². The van der Waals surface area contributed by atoms with Crippen molar-refractivity contribution >= 4 is 66.3 Å². The molecule has 0 aliphatic carbocycles. The van der Waals surface area contributed by atoms with E-state index in [2.05, 4.69) is 366 Å². The number of rotatable bonds is 2. The highest BCUT2D eigenvalue weighted by atomic mass is 32.1. The number of furan rings is 2. The van der Waals surface area contributed by atoms with E-state index in [1.807, 2.05) is 29.5 Å². The maximum absolute atomic E-state index is 5.20. The van der Waals surface area contributed by atoms with E-state index >= 15 is 0 Å². The molecule has 0 saturated carbocycles. The van der Waals surface area contributed by atoms with Gasteiger partial charge in [0, 0.05) is 43.2 Å². The highest BCUT2D eigenvalue weighted by molar-refractivity contribution is 7.10. The minimum absolute atomic E-state index is 0.0976. The van der Waals surface area contributed by atoms with Crippen LogP contribution in [0.15, 0.2) is 250 Å². The zero-order valence-electron chi connectivity index (χ0n) is 60.1. The Kier molecular flexibility index (Phi) is 23.7. The van der Waals surface area contributed by atoms with Crippen LogP contribution in [0.25, 0.3) is 55.0 Å². The third-order valence-corrected chi connectivity index (χ3v) is 18.3. The molecule has 0 spiro atoms. The predicted molar refractivity (Wildman–Crippen MR) is 410 cm³/mol. The van der Waals surface area contributed by atoms with Gasteiger partial charge >= 0.3 is 0 Å². The summed E-state index contributed by atoms with van der Waals surface area (Å²) >= 11 is 3.60. The number of hydrogen-bond acceptors (Lipinski definition) is 4. The van der Waals surface area contributed by atoms with Crippen LogP contribution < -0.4 is 0 Å². The molecule has 93 heavy (non-hydrogen) atoms. The molecular weight excluding hydrogens is 1170 g/mol. The van der Waals surface area contributed by atoms with E-state index in [0.29, 0.717) is 10.8 Å². The minimum Gasteiger partial charge on any atom is -0.472 e. The molecule has 13 aromatic rings. The first-order chi connectivity index (χ1) is 43.6. The molecule has 6 heteroatoms. The molecule has 0 aliphatic rings. The molecule has 13 rings (SSSR count). The van der Waals surface area contributed by atoms with Crippen molar-refractivity contribution in [3.63, 3.8) is 0 Å². The van der Waals surface area contributed by atoms with Crippen LogP contribution in [-0.4, -0.2) is 9.13 Å². The molecule has 6 aromatic heterocycles. The molecule has 488 valence electrons. The summed E-state index contributed by atoms with van der Waals surface area (Å²) in [7, 11) is 0. The SMILES string of the molecule is CC(C)(C)c1cccc2c3ccccc3n(-c3ccccc3)c12.CC(C)(C)c1ccccc1-n1c2ccccc2c2ccccc21.CC(C)(C)c1ccco1.CC(C)(C)c1cccs1.CC(C)(C)c1ccoc1.CC(C)(C)c1ccsc1.Cc1ccccc1C(C)(C)C. The van der Waals surface area contributed by atoms with E-state index in [9.17, 15) is 0 Å². The molecule has 0 saturated heterocycles. The van der Waals surface area contributed by atoms with Crippen molar-refractivity contribution in [3.8, 4) is 11.4 Å². The van der Waals surface area contributed by atoms with Gasteiger partial charge in [-0.1, -0.05) is 285 Å². The van der Waals surface area contributed by atoms with Gasteiger partial charge in [-0.2, -0.15) is 11.3 Å². The molecule has 4 nitrogen and oxygen atoms in total. The Morgan fingerprint density at radius 1 is 0.333 bits per heavy atom. The van der Waals surface area contributed by atoms with Crippen LogP contribution >= 0.6 is 22.7 Å². The second-order valence-electron chi connectivity index (χ2n) is 31.3. The van der Waals surface area contributed by atoms with Gasteiger partial charge in [-0.25, -0.2) is 0 Å². The van der Waals surface area contributed by atoms with Crippen LogP contribution in [0, 0.1) is 6.92 Å². The molecular formula is C87H106N2O2S2. The van der Waals surface area contributed by atoms with E-state index in [-0.39, 0.29) is 27.1 Å². The highest BCUT2D eigenvalue weighted by Gasteiger charge is 2.24. The van der Waals surface area contributed by atoms with Gasteiger partial charge in [-0.3, -0.25) is 0 Å². The fourth-order valence-electron chi connectivity index (χ4n) is 11.2. The first kappa shape index (κ1) is 72.5. The van der Waals surface area contributed by atoms with Gasteiger partial charge in [0.15, 0.2) is 0 Å². The van der Waals surface area contributed by atoms with Crippen LogP contribution in [-0.2, 0) is 37.9 Å². The lowest BCUT2D eigenvalue weighted by molar-refractivity contribution is 0.409. The van der Waals surface area contributed by atoms with Crippen molar-refractivity contribution in [3.05, 3.63) is 285 Å². The van der Waals surface area contributed by atoms with Gasteiger partial charge in [0.1, 0.15) is 5.76 Å². The first-order valence-electron chi connectivity index (χ1n) is 32.9. The van der Waals surface area contributed by atoms with E-state index < -0.39 is 0 Å². The Hall–Kier alpha value is -7.90. The topological polar surface area (TPSA) is 36.1 Å². The summed E-state index contributed by atoms with van der Waals surface area (Å²) < 4.78 is 15.0. The van der Waals surface area contributed by atoms with E-state index in [1.165, 1.54) is 93.2 Å². The summed E-state index contributed by atoms with van der Waals surface area (Å²) in [6.07, 6.45) is 5.21. The van der Waals surface area contributed by atoms with Gasteiger partial charge in [0.2, 0.25) is 0 Å². The zero-order chi connectivity index (χ0) is 68.2. The molecule has 6 heterocycles. The smallest absolute Gasteiger partial charge is 0.109 e. The van der Waals surface area contributed by atoms with Crippen LogP contribution in [0.3, 0.4) is 0 Å². The van der Waals surface area contributed by atoms with E-state index in [4.69, 9.17) is 8.83 Å². The molecule has 0 bridgehead atoms. The van der Waals surface area contributed by atoms with Crippen molar-refractivity contribution in [2.75, 3.05) is 0 Å². The van der Waals surface area contributed by atoms with E-state index in [0.717, 1.165) is 5.76 Å². The zero-order valence-corrected chi connectivity index (χ0v) is 61.8. The quantitative estimate of drug-likeness (QED) is 0.173. The molecule has 0 fully saturated rings. The van der Waals surface area contributed by atoms with Crippen molar-refractivity contribution in [2.24, 2.45) is 0 Å². The van der Waals surface area contributed by atoms with Crippen molar-refractivity contribution in [1.29, 1.82) is 0 Å². The lowest BCUT2D eigenvalue weighted by Gasteiger charge is -2.24. The Morgan fingerprint density at radius 2 is 0.817 bits per heavy atom. The summed E-state index contributed by atoms with van der Waals surface area (Å²) in [5, 5.41) is 11.7. The lowest BCUT2D eigenvalue weighted by atomic mass is 9.84. The number of thiophene rings is 2. The third-order valence-electron chi connectivity index (χ3n) is 16.3. The maximum atomic E-state index is 5.20. The average molecular weight is 1280 g/mol. The van der Waals surface area contributed by atoms with Gasteiger partial charge in [-0.05, 0) is 156 Å². The summed E-state index contributed by atoms with van der Waals surface area (Å²) in [5.41, 5.74) is 17.4. The number of fused-ring (bicyclic) bond motifs is 6. The van der Waals surface area contributed by atoms with Crippen molar-refractivity contribution in [2.45, 2.75) is 190 Å². The molecule has 0 unspecified atom stereocenters. The maximum Gasteiger partial charge on any atom is 0.109 e. The van der Waals surface area contributed by atoms with Crippen molar-refractivity contribution < 1.29 is 8.83 Å². The minimum atomic E-state index is 0.0976. The Bertz CT molecular complexity index is 4100. The standard InChI is InChI=1S/2C22H21N.C11H16.2C8H12O.2C8H12S/c1-22(2,3)18-12-6-9-15-21(18)23-19-13-7-4-10-16(19)17-11-5-8-14-20(17)23;1-22(2,3)19-14-9-13-18-17-12-7-8-15-20(17)23(21(18)19)16-10-5-4-6-11-16;1-9-7-5-6-8-10(9)11(2,3)4;1-8(2,3)7-4-5-9-6-7;1-8(2,3)7-5-4-6-9-7;1-8(2,3)7-4-5-9-6-7;1-8(2,3)7-5-4-6-9-7/h2*4-15H,1-3H3;5-8H,1-4H3;4*4-6H,1-3H3. The van der Waals surface area contributed by atoms with Gasteiger partial charge in [-0.15, -0.1) is 11.3 Å². The molecule has 0 aliphatic heterocycles. The van der Waals surface area contributed by atoms with Gasteiger partial charge in [0.05, 0.1) is 40.9 Å². The number of aryl methyl sites for hydroxylation is 1. The predicted octanol–water partition coefficient (Wildman–Crippen LogP) is 26.7. The summed E-state index contributed by atoms with van der Waals surface area (Å²) in [5.74, 6) is 1.04. The summed E-state index contributed by atoms with van der Waals surface area (Å²) in [4.78, 5) is 1.46. The Morgan fingerprint density at radius 3 is 1.22 bits per heavy atom. The molecule has 0 atom stereocenters. The first-order valence-corrected chi connectivity index (χ1v) is 34.8. The third kappa shape index (κ3) is 19.4. The number of hydrogen-bond donors (Lipinski definition) is 0. The highest BCUT2D eigenvalue weighted by Crippen LogP contribution is 2.40. The van der Waals surface area contributed by atoms with Crippen LogP contribution in [0.2, 0.25) is 0 Å². The number of para-hydroxylation sites is 6. The second kappa shape index (κ2) is 30.5. The molecule has 0 radical (unpaired) electrons. The molecule has 0 N–H and O–H groups in total.